The van der Waals surface area contributed by atoms with Crippen molar-refractivity contribution >= 4 is 17.1 Å². The summed E-state index contributed by atoms with van der Waals surface area (Å²) in [5.74, 6) is 0.358. The van der Waals surface area contributed by atoms with Crippen molar-refractivity contribution in [2.75, 3.05) is 7.11 Å². The molecular formula is C19H16N6O2. The van der Waals surface area contributed by atoms with Gasteiger partial charge >= 0.3 is 0 Å². The Hall–Kier alpha value is -3.81. The molecule has 8 heteroatoms. The number of rotatable bonds is 5. The zero-order valence-corrected chi connectivity index (χ0v) is 14.5. The van der Waals surface area contributed by atoms with Crippen LogP contribution in [-0.4, -0.2) is 38.2 Å². The highest BCUT2D eigenvalue weighted by molar-refractivity contribution is 5.96. The first-order valence-corrected chi connectivity index (χ1v) is 8.28. The monoisotopic (exact) mass is 360 g/mol. The van der Waals surface area contributed by atoms with E-state index >= 15 is 0 Å². The summed E-state index contributed by atoms with van der Waals surface area (Å²) in [5, 5.41) is 9.92. The summed E-state index contributed by atoms with van der Waals surface area (Å²) < 4.78 is 5.40. The number of ether oxygens (including phenoxy) is 1. The highest BCUT2D eigenvalue weighted by Crippen LogP contribution is 2.31. The van der Waals surface area contributed by atoms with Gasteiger partial charge in [0.2, 0.25) is 0 Å². The molecule has 0 aliphatic heterocycles. The highest BCUT2D eigenvalue weighted by Gasteiger charge is 2.17. The van der Waals surface area contributed by atoms with Crippen LogP contribution in [0.3, 0.4) is 0 Å². The Morgan fingerprint density at radius 1 is 1.19 bits per heavy atom. The van der Waals surface area contributed by atoms with Gasteiger partial charge in [-0.05, 0) is 23.8 Å². The molecule has 0 fully saturated rings. The van der Waals surface area contributed by atoms with Crippen LogP contribution in [0.1, 0.15) is 16.1 Å². The van der Waals surface area contributed by atoms with Crippen LogP contribution in [-0.2, 0) is 6.54 Å². The number of pyridine rings is 1. The van der Waals surface area contributed by atoms with E-state index in [2.05, 4.69) is 30.5 Å². The van der Waals surface area contributed by atoms with Crippen molar-refractivity contribution in [2.24, 2.45) is 0 Å². The van der Waals surface area contributed by atoms with Crippen molar-refractivity contribution < 1.29 is 9.53 Å². The van der Waals surface area contributed by atoms with Crippen LogP contribution in [0.4, 0.5) is 0 Å². The minimum Gasteiger partial charge on any atom is -0.496 e. The lowest BCUT2D eigenvalue weighted by Crippen LogP contribution is -2.24. The third kappa shape index (κ3) is 3.32. The molecule has 3 heterocycles. The number of aromatic nitrogens is 5. The summed E-state index contributed by atoms with van der Waals surface area (Å²) in [6.45, 7) is 0.358. The molecule has 0 aliphatic carbocycles. The second kappa shape index (κ2) is 7.20. The van der Waals surface area contributed by atoms with Gasteiger partial charge in [0.15, 0.2) is 5.65 Å². The van der Waals surface area contributed by atoms with Gasteiger partial charge in [0.25, 0.3) is 5.91 Å². The number of hydrogen-bond acceptors (Lipinski definition) is 6. The molecule has 8 nitrogen and oxygen atoms in total. The van der Waals surface area contributed by atoms with E-state index in [1.807, 2.05) is 36.4 Å². The number of amides is 1. The lowest BCUT2D eigenvalue weighted by atomic mass is 10.1. The second-order valence-electron chi connectivity index (χ2n) is 5.77. The van der Waals surface area contributed by atoms with E-state index in [1.54, 1.807) is 19.5 Å². The molecule has 2 N–H and O–H groups in total. The number of fused-ring (bicyclic) bond motifs is 1. The number of nitrogens with zero attached hydrogens (tertiary/aromatic N) is 4. The fourth-order valence-corrected chi connectivity index (χ4v) is 2.72. The van der Waals surface area contributed by atoms with Gasteiger partial charge in [0, 0.05) is 24.5 Å². The van der Waals surface area contributed by atoms with Gasteiger partial charge in [0.1, 0.15) is 17.0 Å². The van der Waals surface area contributed by atoms with E-state index in [0.717, 1.165) is 11.1 Å². The summed E-state index contributed by atoms with van der Waals surface area (Å²) in [6.07, 6.45) is 4.79. The maximum Gasteiger partial charge on any atom is 0.271 e. The highest BCUT2D eigenvalue weighted by atomic mass is 16.5. The number of aromatic amines is 1. The first-order valence-electron chi connectivity index (χ1n) is 8.28. The van der Waals surface area contributed by atoms with E-state index in [4.69, 9.17) is 4.74 Å². The molecule has 0 saturated heterocycles. The molecule has 1 amide bonds. The van der Waals surface area contributed by atoms with Crippen molar-refractivity contribution in [2.45, 2.75) is 6.54 Å². The summed E-state index contributed by atoms with van der Waals surface area (Å²) in [6, 6.07) is 11.2. The molecule has 0 radical (unpaired) electrons. The summed E-state index contributed by atoms with van der Waals surface area (Å²) in [7, 11) is 1.60. The fraction of sp³-hybridized carbons (Fsp3) is 0.105. The van der Waals surface area contributed by atoms with Crippen molar-refractivity contribution in [3.8, 4) is 17.0 Å². The van der Waals surface area contributed by atoms with E-state index in [0.29, 0.717) is 29.2 Å². The third-order valence-electron chi connectivity index (χ3n) is 4.05. The molecule has 0 atom stereocenters. The van der Waals surface area contributed by atoms with Crippen molar-refractivity contribution in [1.29, 1.82) is 0 Å². The first kappa shape index (κ1) is 16.6. The SMILES string of the molecule is COc1ccccc1-c1[nH]nc2ncc(C(=O)NCc3cccnc3)nc12. The van der Waals surface area contributed by atoms with E-state index in [9.17, 15) is 4.79 Å². The minimum atomic E-state index is -0.319. The number of H-pyrrole nitrogens is 1. The fourth-order valence-electron chi connectivity index (χ4n) is 2.72. The van der Waals surface area contributed by atoms with Gasteiger partial charge in [-0.3, -0.25) is 14.9 Å². The Bertz CT molecular complexity index is 1090. The molecule has 3 aromatic heterocycles. The topological polar surface area (TPSA) is 106 Å². The molecule has 27 heavy (non-hydrogen) atoms. The van der Waals surface area contributed by atoms with Crippen molar-refractivity contribution in [3.05, 3.63) is 66.2 Å². The minimum absolute atomic E-state index is 0.212. The molecule has 0 spiro atoms. The normalized spacial score (nSPS) is 10.7. The number of hydrogen-bond donors (Lipinski definition) is 2. The Morgan fingerprint density at radius 3 is 2.89 bits per heavy atom. The molecule has 134 valence electrons. The van der Waals surface area contributed by atoms with Crippen LogP contribution in [0.25, 0.3) is 22.4 Å². The van der Waals surface area contributed by atoms with Gasteiger partial charge in [-0.2, -0.15) is 5.10 Å². The molecule has 4 rings (SSSR count). The Morgan fingerprint density at radius 2 is 2.07 bits per heavy atom. The Balaban J connectivity index is 1.64. The number of nitrogens with one attached hydrogen (secondary N) is 2. The molecule has 0 aliphatic rings. The van der Waals surface area contributed by atoms with Crippen LogP contribution in [0.15, 0.2) is 55.0 Å². The van der Waals surface area contributed by atoms with Crippen molar-refractivity contribution in [3.63, 3.8) is 0 Å². The van der Waals surface area contributed by atoms with E-state index in [-0.39, 0.29) is 11.6 Å². The smallest absolute Gasteiger partial charge is 0.271 e. The van der Waals surface area contributed by atoms with Crippen LogP contribution in [0.5, 0.6) is 5.75 Å². The zero-order valence-electron chi connectivity index (χ0n) is 14.5. The van der Waals surface area contributed by atoms with Gasteiger partial charge in [-0.1, -0.05) is 18.2 Å². The van der Waals surface area contributed by atoms with Gasteiger partial charge in [-0.15, -0.1) is 0 Å². The largest absolute Gasteiger partial charge is 0.496 e. The average molecular weight is 360 g/mol. The third-order valence-corrected chi connectivity index (χ3v) is 4.05. The molecule has 0 unspecified atom stereocenters. The van der Waals surface area contributed by atoms with Gasteiger partial charge < -0.3 is 10.1 Å². The lowest BCUT2D eigenvalue weighted by Gasteiger charge is -2.07. The Labute approximate surface area is 154 Å². The number of carbonyl (C=O) groups is 1. The summed E-state index contributed by atoms with van der Waals surface area (Å²) in [4.78, 5) is 25.2. The maximum absolute atomic E-state index is 12.5. The second-order valence-corrected chi connectivity index (χ2v) is 5.77. The first-order chi connectivity index (χ1) is 13.3. The van der Waals surface area contributed by atoms with E-state index in [1.165, 1.54) is 6.20 Å². The number of benzene rings is 1. The van der Waals surface area contributed by atoms with Gasteiger partial charge in [-0.25, -0.2) is 9.97 Å². The number of methoxy groups -OCH3 is 1. The Kier molecular flexibility index (Phi) is 4.44. The lowest BCUT2D eigenvalue weighted by molar-refractivity contribution is 0.0946. The molecule has 4 aromatic rings. The average Bonchev–Trinajstić information content (AvgIpc) is 3.15. The van der Waals surface area contributed by atoms with Crippen LogP contribution in [0.2, 0.25) is 0 Å². The van der Waals surface area contributed by atoms with Gasteiger partial charge in [0.05, 0.1) is 19.0 Å². The predicted octanol–water partition coefficient (Wildman–Crippen LogP) is 2.35. The summed E-state index contributed by atoms with van der Waals surface area (Å²) in [5.41, 5.74) is 3.50. The molecule has 0 saturated carbocycles. The zero-order chi connectivity index (χ0) is 18.6. The predicted molar refractivity (Wildman–Crippen MR) is 99.1 cm³/mol. The standard InChI is InChI=1S/C19H16N6O2/c1-27-15-7-3-2-6-13(15)16-17-18(25-24-16)21-11-14(23-17)19(26)22-10-12-5-4-8-20-9-12/h2-9,11H,10H2,1H3,(H,22,26)(H,21,24,25). The quantitative estimate of drug-likeness (QED) is 0.566. The number of para-hydroxylation sites is 1. The number of carbonyl (C=O) groups excluding carboxylic acids is 1. The van der Waals surface area contributed by atoms with Crippen LogP contribution >= 0.6 is 0 Å². The summed E-state index contributed by atoms with van der Waals surface area (Å²) >= 11 is 0. The molecule has 0 bridgehead atoms. The van der Waals surface area contributed by atoms with E-state index < -0.39 is 0 Å². The maximum atomic E-state index is 12.5. The van der Waals surface area contributed by atoms with Crippen molar-refractivity contribution in [1.82, 2.24) is 30.5 Å². The molecule has 1 aromatic carbocycles. The van der Waals surface area contributed by atoms with Crippen LogP contribution in [0, 0.1) is 0 Å². The molecular weight excluding hydrogens is 344 g/mol. The van der Waals surface area contributed by atoms with Crippen LogP contribution < -0.4 is 10.1 Å².